The van der Waals surface area contributed by atoms with Gasteiger partial charge in [-0.15, -0.1) is 0 Å². The van der Waals surface area contributed by atoms with E-state index in [9.17, 15) is 5.11 Å². The zero-order chi connectivity index (χ0) is 13.3. The van der Waals surface area contributed by atoms with E-state index in [0.717, 1.165) is 11.5 Å². The summed E-state index contributed by atoms with van der Waals surface area (Å²) in [6, 6.07) is -0.119. The van der Waals surface area contributed by atoms with Gasteiger partial charge in [0.2, 0.25) is 0 Å². The van der Waals surface area contributed by atoms with Gasteiger partial charge in [-0.25, -0.2) is 0 Å². The molecule has 1 aliphatic rings. The second-order valence-electron chi connectivity index (χ2n) is 4.43. The highest BCUT2D eigenvalue weighted by Crippen LogP contribution is 2.25. The minimum Gasteiger partial charge on any atom is -0.394 e. The van der Waals surface area contributed by atoms with Gasteiger partial charge in [0.15, 0.2) is 0 Å². The van der Waals surface area contributed by atoms with E-state index in [1.165, 1.54) is 0 Å². The number of hydrogen-bond acceptors (Lipinski definition) is 5. The number of aryl methyl sites for hydroxylation is 2. The summed E-state index contributed by atoms with van der Waals surface area (Å²) in [4.78, 5) is 2.01. The van der Waals surface area contributed by atoms with Gasteiger partial charge in [-0.05, 0) is 6.92 Å². The van der Waals surface area contributed by atoms with E-state index in [1.807, 2.05) is 18.9 Å². The van der Waals surface area contributed by atoms with Crippen molar-refractivity contribution < 1.29 is 9.84 Å². The average molecular weight is 253 g/mol. The van der Waals surface area contributed by atoms with Gasteiger partial charge in [-0.1, -0.05) is 0 Å². The molecule has 1 aromatic rings. The molecule has 0 spiro atoms. The summed E-state index contributed by atoms with van der Waals surface area (Å²) in [5.41, 5.74) is 6.99. The van der Waals surface area contributed by atoms with Crippen molar-refractivity contribution in [3.63, 3.8) is 0 Å². The summed E-state index contributed by atoms with van der Waals surface area (Å²) in [7, 11) is 1.82. The lowest BCUT2D eigenvalue weighted by molar-refractivity contribution is 0.0719. The quantitative estimate of drug-likeness (QED) is 0.484. The molecule has 1 atom stereocenters. The minimum atomic E-state index is -0.119. The van der Waals surface area contributed by atoms with E-state index in [0.29, 0.717) is 25.3 Å². The lowest BCUT2D eigenvalue weighted by Crippen LogP contribution is -2.49. The fourth-order valence-corrected chi connectivity index (χ4v) is 2.38. The van der Waals surface area contributed by atoms with E-state index in [4.69, 9.17) is 15.9 Å². The third-order valence-electron chi connectivity index (χ3n) is 3.17. The molecule has 0 bridgehead atoms. The Kier molecular flexibility index (Phi) is 3.53. The maximum atomic E-state index is 9.41. The third kappa shape index (κ3) is 2.06. The second kappa shape index (κ2) is 4.95. The molecule has 1 aromatic heterocycles. The molecule has 0 amide bonds. The van der Waals surface area contributed by atoms with E-state index in [-0.39, 0.29) is 18.5 Å². The molecule has 2 rings (SSSR count). The monoisotopic (exact) mass is 253 g/mol. The summed E-state index contributed by atoms with van der Waals surface area (Å²) in [5, 5.41) is 21.4. The Balaban J connectivity index is 2.45. The molecule has 1 fully saturated rings. The van der Waals surface area contributed by atoms with Crippen LogP contribution in [0.25, 0.3) is 0 Å². The van der Waals surface area contributed by atoms with Crippen LogP contribution in [0.4, 0.5) is 5.82 Å². The van der Waals surface area contributed by atoms with Crippen molar-refractivity contribution in [3.05, 3.63) is 11.3 Å². The van der Waals surface area contributed by atoms with E-state index >= 15 is 0 Å². The Labute approximate surface area is 106 Å². The first-order valence-corrected chi connectivity index (χ1v) is 5.89. The number of anilines is 1. The molecular weight excluding hydrogens is 234 g/mol. The normalized spacial score (nSPS) is 20.2. The molecule has 0 aliphatic carbocycles. The standard InChI is InChI=1S/C11H19N5O2/c1-7-9(10(12)13)11(15(2)14-7)16-3-4-18-6-8(16)5-17/h8,17H,3-6H2,1-2H3,(H3,12,13). The highest BCUT2D eigenvalue weighted by Gasteiger charge is 2.29. The van der Waals surface area contributed by atoms with Gasteiger partial charge < -0.3 is 20.5 Å². The van der Waals surface area contributed by atoms with Gasteiger partial charge in [0, 0.05) is 13.6 Å². The highest BCUT2D eigenvalue weighted by atomic mass is 16.5. The number of aliphatic hydroxyl groups is 1. The van der Waals surface area contributed by atoms with Crippen LogP contribution in [0, 0.1) is 12.3 Å². The van der Waals surface area contributed by atoms with Crippen molar-refractivity contribution >= 4 is 11.7 Å². The molecule has 1 unspecified atom stereocenters. The molecule has 7 heteroatoms. The van der Waals surface area contributed by atoms with Crippen LogP contribution >= 0.6 is 0 Å². The lowest BCUT2D eigenvalue weighted by atomic mass is 10.1. The number of ether oxygens (including phenoxy) is 1. The number of nitrogens with two attached hydrogens (primary N) is 1. The predicted octanol–water partition coefficient (Wildman–Crippen LogP) is -0.790. The number of nitrogens with one attached hydrogen (secondary N) is 1. The van der Waals surface area contributed by atoms with E-state index in [2.05, 4.69) is 5.10 Å². The van der Waals surface area contributed by atoms with Crippen LogP contribution in [0.3, 0.4) is 0 Å². The maximum Gasteiger partial charge on any atom is 0.138 e. The number of morpholine rings is 1. The summed E-state index contributed by atoms with van der Waals surface area (Å²) < 4.78 is 7.06. The SMILES string of the molecule is Cc1nn(C)c(N2CCOCC2CO)c1C(=N)N. The number of rotatable bonds is 3. The topological polar surface area (TPSA) is 100 Å². The fourth-order valence-electron chi connectivity index (χ4n) is 2.38. The van der Waals surface area contributed by atoms with Gasteiger partial charge in [-0.2, -0.15) is 5.10 Å². The number of aliphatic hydroxyl groups excluding tert-OH is 1. The molecule has 0 radical (unpaired) electrons. The summed E-state index contributed by atoms with van der Waals surface area (Å²) in [6.07, 6.45) is 0. The Morgan fingerprint density at radius 2 is 2.39 bits per heavy atom. The molecule has 18 heavy (non-hydrogen) atoms. The van der Waals surface area contributed by atoms with Crippen LogP contribution in [-0.4, -0.2) is 53.1 Å². The van der Waals surface area contributed by atoms with Crippen LogP contribution in [0.1, 0.15) is 11.3 Å². The molecule has 100 valence electrons. The number of nitrogen functional groups attached to an aromatic ring is 1. The van der Waals surface area contributed by atoms with Crippen molar-refractivity contribution in [2.24, 2.45) is 12.8 Å². The first-order valence-electron chi connectivity index (χ1n) is 5.89. The molecule has 0 saturated carbocycles. The summed E-state index contributed by atoms with van der Waals surface area (Å²) in [5.74, 6) is 0.779. The maximum absolute atomic E-state index is 9.41. The number of hydrogen-bond donors (Lipinski definition) is 3. The summed E-state index contributed by atoms with van der Waals surface area (Å²) in [6.45, 7) is 3.55. The molecule has 4 N–H and O–H groups in total. The van der Waals surface area contributed by atoms with E-state index in [1.54, 1.807) is 4.68 Å². The van der Waals surface area contributed by atoms with Crippen LogP contribution in [0.5, 0.6) is 0 Å². The van der Waals surface area contributed by atoms with Crippen LogP contribution in [0.2, 0.25) is 0 Å². The fraction of sp³-hybridized carbons (Fsp3) is 0.636. The second-order valence-corrected chi connectivity index (χ2v) is 4.43. The van der Waals surface area contributed by atoms with Crippen molar-refractivity contribution in [3.8, 4) is 0 Å². The number of aromatic nitrogens is 2. The highest BCUT2D eigenvalue weighted by molar-refractivity contribution is 6.01. The minimum absolute atomic E-state index is 0.00113. The predicted molar refractivity (Wildman–Crippen MR) is 68.0 cm³/mol. The Morgan fingerprint density at radius 1 is 1.67 bits per heavy atom. The molecule has 2 heterocycles. The van der Waals surface area contributed by atoms with Crippen molar-refractivity contribution in [2.45, 2.75) is 13.0 Å². The third-order valence-corrected chi connectivity index (χ3v) is 3.17. The first-order chi connectivity index (χ1) is 8.56. The zero-order valence-electron chi connectivity index (χ0n) is 10.7. The van der Waals surface area contributed by atoms with Gasteiger partial charge in [-0.3, -0.25) is 10.1 Å². The average Bonchev–Trinajstić information content (AvgIpc) is 2.64. The molecule has 0 aromatic carbocycles. The van der Waals surface area contributed by atoms with Gasteiger partial charge in [0.25, 0.3) is 0 Å². The largest absolute Gasteiger partial charge is 0.394 e. The van der Waals surface area contributed by atoms with Crippen LogP contribution in [-0.2, 0) is 11.8 Å². The number of nitrogens with zero attached hydrogens (tertiary/aromatic N) is 3. The molecular formula is C11H19N5O2. The van der Waals surface area contributed by atoms with Crippen LogP contribution in [0.15, 0.2) is 0 Å². The summed E-state index contributed by atoms with van der Waals surface area (Å²) >= 11 is 0. The molecule has 1 saturated heterocycles. The zero-order valence-corrected chi connectivity index (χ0v) is 10.7. The molecule has 1 aliphatic heterocycles. The number of amidine groups is 1. The lowest BCUT2D eigenvalue weighted by Gasteiger charge is -2.36. The Bertz CT molecular complexity index is 457. The Morgan fingerprint density at radius 3 is 3.00 bits per heavy atom. The van der Waals surface area contributed by atoms with Gasteiger partial charge in [0.05, 0.1) is 37.1 Å². The van der Waals surface area contributed by atoms with Crippen molar-refractivity contribution in [2.75, 3.05) is 31.3 Å². The van der Waals surface area contributed by atoms with Crippen LogP contribution < -0.4 is 10.6 Å². The van der Waals surface area contributed by atoms with E-state index < -0.39 is 0 Å². The molecule has 7 nitrogen and oxygen atoms in total. The van der Waals surface area contributed by atoms with Gasteiger partial charge in [0.1, 0.15) is 11.7 Å². The Hall–Kier alpha value is -1.60. The first kappa shape index (κ1) is 12.8. The smallest absolute Gasteiger partial charge is 0.138 e. The van der Waals surface area contributed by atoms with Crippen molar-refractivity contribution in [1.29, 1.82) is 5.41 Å². The van der Waals surface area contributed by atoms with Gasteiger partial charge >= 0.3 is 0 Å². The van der Waals surface area contributed by atoms with Crippen molar-refractivity contribution in [1.82, 2.24) is 9.78 Å².